The van der Waals surface area contributed by atoms with Gasteiger partial charge in [-0.1, -0.05) is 0 Å². The number of amides is 2. The second-order valence-electron chi connectivity index (χ2n) is 4.11. The van der Waals surface area contributed by atoms with Crippen LogP contribution in [0.5, 0.6) is 5.75 Å². The third kappa shape index (κ3) is 6.11. The Morgan fingerprint density at radius 1 is 1.29 bits per heavy atom. The van der Waals surface area contributed by atoms with E-state index >= 15 is 0 Å². The van der Waals surface area contributed by atoms with Crippen LogP contribution in [0.25, 0.3) is 0 Å². The van der Waals surface area contributed by atoms with Crippen LogP contribution < -0.4 is 16.0 Å². The van der Waals surface area contributed by atoms with E-state index in [1.165, 1.54) is 37.4 Å². The fourth-order valence-electron chi connectivity index (χ4n) is 1.38. The molecule has 4 N–H and O–H groups in total. The van der Waals surface area contributed by atoms with Crippen LogP contribution in [0.3, 0.4) is 0 Å². The lowest BCUT2D eigenvalue weighted by molar-refractivity contribution is -0.119. The van der Waals surface area contributed by atoms with E-state index < -0.39 is 5.91 Å². The van der Waals surface area contributed by atoms with Gasteiger partial charge >= 0.3 is 0 Å². The lowest BCUT2D eigenvalue weighted by Gasteiger charge is -2.05. The van der Waals surface area contributed by atoms with Crippen molar-refractivity contribution < 1.29 is 14.7 Å². The van der Waals surface area contributed by atoms with Gasteiger partial charge in [-0.15, -0.1) is 0 Å². The largest absolute Gasteiger partial charge is 0.508 e. The topological polar surface area (TPSA) is 114 Å². The van der Waals surface area contributed by atoms with Gasteiger partial charge in [-0.05, 0) is 24.3 Å². The lowest BCUT2D eigenvalue weighted by Crippen LogP contribution is -2.28. The molecule has 0 radical (unpaired) electrons. The van der Waals surface area contributed by atoms with Crippen LogP contribution in [0.1, 0.15) is 6.92 Å². The Bertz CT molecular complexity index is 573. The Kier molecular flexibility index (Phi) is 6.28. The van der Waals surface area contributed by atoms with E-state index in [9.17, 15) is 9.59 Å². The molecular formula is C14H16N4O3. The maximum atomic E-state index is 11.8. The second-order valence-corrected chi connectivity index (χ2v) is 4.11. The number of aromatic hydroxyl groups is 1. The van der Waals surface area contributed by atoms with Crippen molar-refractivity contribution in [2.75, 3.05) is 18.4 Å². The summed E-state index contributed by atoms with van der Waals surface area (Å²) >= 11 is 0. The van der Waals surface area contributed by atoms with Crippen LogP contribution >= 0.6 is 0 Å². The Morgan fingerprint density at radius 3 is 2.52 bits per heavy atom. The van der Waals surface area contributed by atoms with Crippen molar-refractivity contribution in [2.45, 2.75) is 6.92 Å². The number of nitrogens with zero attached hydrogens (tertiary/aromatic N) is 1. The molecule has 0 aliphatic heterocycles. The molecule has 0 atom stereocenters. The van der Waals surface area contributed by atoms with Crippen molar-refractivity contribution in [2.24, 2.45) is 0 Å². The predicted octanol–water partition coefficient (Wildman–Crippen LogP) is 0.464. The minimum atomic E-state index is -0.560. The Labute approximate surface area is 122 Å². The molecule has 21 heavy (non-hydrogen) atoms. The molecule has 0 unspecified atom stereocenters. The van der Waals surface area contributed by atoms with Crippen molar-refractivity contribution in [3.8, 4) is 11.8 Å². The van der Waals surface area contributed by atoms with Gasteiger partial charge in [-0.25, -0.2) is 0 Å². The number of carbonyl (C=O) groups excluding carboxylic acids is 2. The summed E-state index contributed by atoms with van der Waals surface area (Å²) in [4.78, 5) is 22.5. The normalized spacial score (nSPS) is 10.4. The third-order valence-electron chi connectivity index (χ3n) is 2.38. The zero-order valence-electron chi connectivity index (χ0n) is 11.5. The van der Waals surface area contributed by atoms with Crippen LogP contribution in [0.4, 0.5) is 5.69 Å². The molecule has 1 aromatic rings. The molecule has 0 heterocycles. The van der Waals surface area contributed by atoms with E-state index in [2.05, 4.69) is 16.0 Å². The molecule has 0 spiro atoms. The number of carbonyl (C=O) groups is 2. The minimum Gasteiger partial charge on any atom is -0.508 e. The van der Waals surface area contributed by atoms with Crippen molar-refractivity contribution in [3.63, 3.8) is 0 Å². The van der Waals surface area contributed by atoms with Crippen LogP contribution in [-0.2, 0) is 9.59 Å². The van der Waals surface area contributed by atoms with Crippen LogP contribution in [0.2, 0.25) is 0 Å². The average molecular weight is 288 g/mol. The Hall–Kier alpha value is -3.01. The zero-order valence-corrected chi connectivity index (χ0v) is 11.5. The zero-order chi connectivity index (χ0) is 15.7. The maximum Gasteiger partial charge on any atom is 0.267 e. The Balaban J connectivity index is 2.51. The fraction of sp³-hybridized carbons (Fsp3) is 0.214. The Morgan fingerprint density at radius 2 is 1.95 bits per heavy atom. The summed E-state index contributed by atoms with van der Waals surface area (Å²) in [6, 6.07) is 7.68. The molecule has 7 nitrogen and oxygen atoms in total. The highest BCUT2D eigenvalue weighted by Gasteiger charge is 2.08. The van der Waals surface area contributed by atoms with E-state index in [0.29, 0.717) is 18.8 Å². The second kappa shape index (κ2) is 8.22. The van der Waals surface area contributed by atoms with Gasteiger partial charge in [0.25, 0.3) is 5.91 Å². The molecule has 0 fully saturated rings. The highest BCUT2D eigenvalue weighted by Crippen LogP contribution is 2.14. The smallest absolute Gasteiger partial charge is 0.267 e. The van der Waals surface area contributed by atoms with Gasteiger partial charge in [0.1, 0.15) is 17.4 Å². The van der Waals surface area contributed by atoms with Crippen molar-refractivity contribution in [1.29, 1.82) is 5.26 Å². The molecule has 1 aromatic carbocycles. The molecule has 0 bridgehead atoms. The van der Waals surface area contributed by atoms with Gasteiger partial charge in [0, 0.05) is 31.9 Å². The van der Waals surface area contributed by atoms with Gasteiger partial charge in [-0.2, -0.15) is 5.26 Å². The number of phenolic OH excluding ortho intramolecular Hbond substituents is 1. The first-order chi connectivity index (χ1) is 10.0. The molecule has 1 rings (SSSR count). The molecule has 0 saturated carbocycles. The van der Waals surface area contributed by atoms with Gasteiger partial charge in [0.2, 0.25) is 5.91 Å². The minimum absolute atomic E-state index is 0.0867. The molecule has 0 saturated heterocycles. The SMILES string of the molecule is CC(=O)NCCN/C=C(/C#N)C(=O)Nc1ccc(O)cc1. The summed E-state index contributed by atoms with van der Waals surface area (Å²) in [6.45, 7) is 2.20. The summed E-state index contributed by atoms with van der Waals surface area (Å²) in [7, 11) is 0. The summed E-state index contributed by atoms with van der Waals surface area (Å²) in [5, 5.41) is 25.9. The molecule has 110 valence electrons. The number of benzene rings is 1. The summed E-state index contributed by atoms with van der Waals surface area (Å²) in [6.07, 6.45) is 1.29. The van der Waals surface area contributed by atoms with E-state index in [1.807, 2.05) is 0 Å². The maximum absolute atomic E-state index is 11.8. The van der Waals surface area contributed by atoms with Crippen LogP contribution in [-0.4, -0.2) is 30.0 Å². The number of phenols is 1. The summed E-state index contributed by atoms with van der Waals surface area (Å²) < 4.78 is 0. The predicted molar refractivity (Wildman–Crippen MR) is 77.1 cm³/mol. The molecule has 0 aliphatic carbocycles. The molecular weight excluding hydrogens is 272 g/mol. The number of hydrogen-bond acceptors (Lipinski definition) is 5. The molecule has 2 amide bonds. The number of rotatable bonds is 6. The van der Waals surface area contributed by atoms with Crippen LogP contribution in [0.15, 0.2) is 36.0 Å². The van der Waals surface area contributed by atoms with Gasteiger partial charge in [-0.3, -0.25) is 9.59 Å². The van der Waals surface area contributed by atoms with E-state index in [-0.39, 0.29) is 17.2 Å². The average Bonchev–Trinajstić information content (AvgIpc) is 2.45. The highest BCUT2D eigenvalue weighted by atomic mass is 16.3. The molecule has 0 aromatic heterocycles. The first-order valence-corrected chi connectivity index (χ1v) is 6.21. The summed E-state index contributed by atoms with van der Waals surface area (Å²) in [5.41, 5.74) is 0.378. The van der Waals surface area contributed by atoms with E-state index in [1.54, 1.807) is 6.07 Å². The van der Waals surface area contributed by atoms with E-state index in [4.69, 9.17) is 10.4 Å². The van der Waals surface area contributed by atoms with Crippen molar-refractivity contribution in [3.05, 3.63) is 36.0 Å². The van der Waals surface area contributed by atoms with Gasteiger partial charge in [0.15, 0.2) is 0 Å². The fourth-order valence-corrected chi connectivity index (χ4v) is 1.38. The third-order valence-corrected chi connectivity index (χ3v) is 2.38. The van der Waals surface area contributed by atoms with Crippen molar-refractivity contribution in [1.82, 2.24) is 10.6 Å². The number of nitriles is 1. The number of hydrogen-bond donors (Lipinski definition) is 4. The van der Waals surface area contributed by atoms with Crippen LogP contribution in [0, 0.1) is 11.3 Å². The first-order valence-electron chi connectivity index (χ1n) is 6.21. The van der Waals surface area contributed by atoms with E-state index in [0.717, 1.165) is 0 Å². The van der Waals surface area contributed by atoms with Crippen molar-refractivity contribution >= 4 is 17.5 Å². The quantitative estimate of drug-likeness (QED) is 0.263. The number of nitrogens with one attached hydrogen (secondary N) is 3. The lowest BCUT2D eigenvalue weighted by atomic mass is 10.2. The highest BCUT2D eigenvalue weighted by molar-refractivity contribution is 6.06. The standard InChI is InChI=1S/C14H16N4O3/c1-10(19)17-7-6-16-9-11(8-15)14(21)18-12-2-4-13(20)5-3-12/h2-5,9,16,20H,6-7H2,1H3,(H,17,19)(H,18,21)/b11-9-. The number of anilines is 1. The summed E-state index contributed by atoms with van der Waals surface area (Å²) in [5.74, 6) is -0.620. The van der Waals surface area contributed by atoms with Gasteiger partial charge < -0.3 is 21.1 Å². The molecule has 7 heteroatoms. The monoisotopic (exact) mass is 288 g/mol. The van der Waals surface area contributed by atoms with Gasteiger partial charge in [0.05, 0.1) is 0 Å². The molecule has 0 aliphatic rings. The first kappa shape index (κ1) is 16.0.